The summed E-state index contributed by atoms with van der Waals surface area (Å²) < 4.78 is 0. The summed E-state index contributed by atoms with van der Waals surface area (Å²) in [7, 11) is 4.02. The summed E-state index contributed by atoms with van der Waals surface area (Å²) in [5, 5.41) is 12.1. The molecule has 1 aromatic rings. The van der Waals surface area contributed by atoms with Gasteiger partial charge in [0.2, 0.25) is 0 Å². The molecule has 1 atom stereocenters. The van der Waals surface area contributed by atoms with Crippen LogP contribution in [-0.2, 0) is 0 Å². The van der Waals surface area contributed by atoms with Crippen LogP contribution >= 0.6 is 0 Å². The van der Waals surface area contributed by atoms with Gasteiger partial charge in [0.1, 0.15) is 11.9 Å². The van der Waals surface area contributed by atoms with Gasteiger partial charge in [0.15, 0.2) is 0 Å². The van der Waals surface area contributed by atoms with E-state index in [2.05, 4.69) is 28.2 Å². The van der Waals surface area contributed by atoms with E-state index in [1.165, 1.54) is 0 Å². The van der Waals surface area contributed by atoms with Crippen molar-refractivity contribution in [2.75, 3.05) is 31.7 Å². The van der Waals surface area contributed by atoms with Crippen LogP contribution in [0.3, 0.4) is 0 Å². The van der Waals surface area contributed by atoms with Gasteiger partial charge in [-0.05, 0) is 27.1 Å². The predicted molar refractivity (Wildman–Crippen MR) is 65.0 cm³/mol. The summed E-state index contributed by atoms with van der Waals surface area (Å²) in [6.45, 7) is 2.83. The van der Waals surface area contributed by atoms with Crippen LogP contribution in [0.2, 0.25) is 0 Å². The highest BCUT2D eigenvalue weighted by atomic mass is 15.1. The highest BCUT2D eigenvalue weighted by molar-refractivity contribution is 5.57. The second kappa shape index (κ2) is 5.33. The molecule has 5 nitrogen and oxygen atoms in total. The van der Waals surface area contributed by atoms with Crippen molar-refractivity contribution in [3.05, 3.63) is 17.8 Å². The lowest BCUT2D eigenvalue weighted by Gasteiger charge is -2.20. The topological polar surface area (TPSA) is 78.0 Å². The fourth-order valence-electron chi connectivity index (χ4n) is 1.13. The van der Waals surface area contributed by atoms with Crippen molar-refractivity contribution >= 4 is 11.5 Å². The van der Waals surface area contributed by atoms with Crippen molar-refractivity contribution in [1.29, 1.82) is 5.26 Å². The molecule has 0 aliphatic heterocycles. The van der Waals surface area contributed by atoms with Gasteiger partial charge in [0.05, 0.1) is 17.4 Å². The van der Waals surface area contributed by atoms with E-state index in [1.807, 2.05) is 14.1 Å². The van der Waals surface area contributed by atoms with Crippen molar-refractivity contribution in [2.45, 2.75) is 13.0 Å². The molecule has 1 unspecified atom stereocenters. The van der Waals surface area contributed by atoms with Gasteiger partial charge in [-0.3, -0.25) is 0 Å². The van der Waals surface area contributed by atoms with Crippen LogP contribution in [-0.4, -0.2) is 36.6 Å². The van der Waals surface area contributed by atoms with Gasteiger partial charge in [-0.2, -0.15) is 5.26 Å². The zero-order valence-corrected chi connectivity index (χ0v) is 9.86. The molecule has 0 radical (unpaired) electrons. The number of anilines is 2. The molecule has 0 aliphatic rings. The fraction of sp³-hybridized carbons (Fsp3) is 0.455. The Morgan fingerprint density at radius 1 is 1.62 bits per heavy atom. The molecule has 0 spiro atoms. The molecule has 0 fully saturated rings. The second-order valence-electron chi connectivity index (χ2n) is 3.97. The van der Waals surface area contributed by atoms with E-state index >= 15 is 0 Å². The van der Waals surface area contributed by atoms with Crippen LogP contribution < -0.4 is 11.1 Å². The zero-order valence-electron chi connectivity index (χ0n) is 9.86. The minimum absolute atomic E-state index is 0.367. The number of aromatic nitrogens is 1. The van der Waals surface area contributed by atoms with Crippen LogP contribution in [0.25, 0.3) is 0 Å². The van der Waals surface area contributed by atoms with Crippen LogP contribution in [0, 0.1) is 11.3 Å². The van der Waals surface area contributed by atoms with Gasteiger partial charge < -0.3 is 16.0 Å². The molecule has 0 saturated heterocycles. The highest BCUT2D eigenvalue weighted by Crippen LogP contribution is 2.14. The third-order valence-electron chi connectivity index (χ3n) is 2.48. The summed E-state index contributed by atoms with van der Waals surface area (Å²) in [6.07, 6.45) is 1.55. The van der Waals surface area contributed by atoms with Crippen LogP contribution in [0.15, 0.2) is 12.3 Å². The first kappa shape index (κ1) is 12.3. The Morgan fingerprint density at radius 3 is 2.88 bits per heavy atom. The van der Waals surface area contributed by atoms with Crippen LogP contribution in [0.5, 0.6) is 0 Å². The van der Waals surface area contributed by atoms with Crippen molar-refractivity contribution in [2.24, 2.45) is 0 Å². The Labute approximate surface area is 95.9 Å². The summed E-state index contributed by atoms with van der Waals surface area (Å²) >= 11 is 0. The number of hydrogen-bond acceptors (Lipinski definition) is 5. The molecule has 1 aromatic heterocycles. The van der Waals surface area contributed by atoms with E-state index < -0.39 is 0 Å². The quantitative estimate of drug-likeness (QED) is 0.786. The molecule has 3 N–H and O–H groups in total. The number of nitrogens with zero attached hydrogens (tertiary/aromatic N) is 3. The Bertz CT molecular complexity index is 394. The number of hydrogen-bond donors (Lipinski definition) is 2. The number of nitrogens with one attached hydrogen (secondary N) is 1. The first-order chi connectivity index (χ1) is 7.54. The maximum Gasteiger partial charge on any atom is 0.144 e. The SMILES string of the molecule is CC(CNc1ncc(N)cc1C#N)N(C)C. The molecular weight excluding hydrogens is 202 g/mol. The number of nitrogens with two attached hydrogens (primary N) is 1. The highest BCUT2D eigenvalue weighted by Gasteiger charge is 2.07. The molecule has 0 amide bonds. The average Bonchev–Trinajstić information content (AvgIpc) is 2.26. The molecule has 0 bridgehead atoms. The number of pyridine rings is 1. The van der Waals surface area contributed by atoms with Gasteiger partial charge in [-0.25, -0.2) is 4.98 Å². The average molecular weight is 219 g/mol. The molecular formula is C11H17N5. The number of nitrogen functional groups attached to an aromatic ring is 1. The first-order valence-corrected chi connectivity index (χ1v) is 5.10. The molecule has 1 heterocycles. The molecule has 86 valence electrons. The molecule has 0 aromatic carbocycles. The van der Waals surface area contributed by atoms with Gasteiger partial charge in [-0.15, -0.1) is 0 Å². The minimum Gasteiger partial charge on any atom is -0.397 e. The smallest absolute Gasteiger partial charge is 0.144 e. The van der Waals surface area contributed by atoms with Crippen molar-refractivity contribution in [3.63, 3.8) is 0 Å². The maximum atomic E-state index is 8.92. The van der Waals surface area contributed by atoms with Crippen LogP contribution in [0.4, 0.5) is 11.5 Å². The summed E-state index contributed by atoms with van der Waals surface area (Å²) in [4.78, 5) is 6.20. The summed E-state index contributed by atoms with van der Waals surface area (Å²) in [5.74, 6) is 0.588. The van der Waals surface area contributed by atoms with Gasteiger partial charge >= 0.3 is 0 Å². The lowest BCUT2D eigenvalue weighted by atomic mass is 10.2. The van der Waals surface area contributed by atoms with E-state index in [1.54, 1.807) is 12.3 Å². The summed E-state index contributed by atoms with van der Waals surface area (Å²) in [5.41, 5.74) is 6.54. The molecule has 1 rings (SSSR count). The Kier molecular flexibility index (Phi) is 4.09. The fourth-order valence-corrected chi connectivity index (χ4v) is 1.13. The Morgan fingerprint density at radius 2 is 2.31 bits per heavy atom. The van der Waals surface area contributed by atoms with Gasteiger partial charge in [0.25, 0.3) is 0 Å². The van der Waals surface area contributed by atoms with Crippen molar-refractivity contribution in [1.82, 2.24) is 9.88 Å². The molecule has 5 heteroatoms. The molecule has 0 aliphatic carbocycles. The second-order valence-corrected chi connectivity index (χ2v) is 3.97. The van der Waals surface area contributed by atoms with Crippen molar-refractivity contribution < 1.29 is 0 Å². The first-order valence-electron chi connectivity index (χ1n) is 5.10. The minimum atomic E-state index is 0.367. The monoisotopic (exact) mass is 219 g/mol. The summed E-state index contributed by atoms with van der Waals surface area (Å²) in [6, 6.07) is 4.06. The van der Waals surface area contributed by atoms with Gasteiger partial charge in [-0.1, -0.05) is 0 Å². The van der Waals surface area contributed by atoms with Crippen LogP contribution in [0.1, 0.15) is 12.5 Å². The number of likely N-dealkylation sites (N-methyl/N-ethyl adjacent to an activating group) is 1. The predicted octanol–water partition coefficient (Wildman–Crippen LogP) is 0.897. The van der Waals surface area contributed by atoms with E-state index in [0.29, 0.717) is 23.1 Å². The van der Waals surface area contributed by atoms with E-state index in [9.17, 15) is 0 Å². The normalized spacial score (nSPS) is 12.2. The zero-order chi connectivity index (χ0) is 12.1. The van der Waals surface area contributed by atoms with E-state index in [0.717, 1.165) is 6.54 Å². The molecule has 16 heavy (non-hydrogen) atoms. The van der Waals surface area contributed by atoms with Crippen molar-refractivity contribution in [3.8, 4) is 6.07 Å². The number of nitriles is 1. The van der Waals surface area contributed by atoms with Gasteiger partial charge in [0, 0.05) is 12.6 Å². The Hall–Kier alpha value is -1.80. The lowest BCUT2D eigenvalue weighted by Crippen LogP contribution is -2.31. The third kappa shape index (κ3) is 3.11. The third-order valence-corrected chi connectivity index (χ3v) is 2.48. The lowest BCUT2D eigenvalue weighted by molar-refractivity contribution is 0.326. The Balaban J connectivity index is 2.71. The maximum absolute atomic E-state index is 8.92. The standard InChI is InChI=1S/C11H17N5/c1-8(16(2)3)6-14-11-9(5-12)4-10(13)7-15-11/h4,7-8H,6,13H2,1-3H3,(H,14,15). The van der Waals surface area contributed by atoms with E-state index in [4.69, 9.17) is 11.0 Å². The molecule has 0 saturated carbocycles. The largest absolute Gasteiger partial charge is 0.397 e. The number of rotatable bonds is 4. The van der Waals surface area contributed by atoms with E-state index in [-0.39, 0.29) is 0 Å².